The molecule has 0 aromatic rings. The molecule has 6 fully saturated rings. The molecule has 2 saturated carbocycles. The van der Waals surface area contributed by atoms with E-state index in [4.69, 9.17) is 14.2 Å². The summed E-state index contributed by atoms with van der Waals surface area (Å²) in [5.41, 5.74) is -0.910. The van der Waals surface area contributed by atoms with E-state index in [0.717, 1.165) is 25.7 Å². The molecular formula is C57H100N4O12. The zero-order chi connectivity index (χ0) is 55.5. The summed E-state index contributed by atoms with van der Waals surface area (Å²) in [6.45, 7) is 35.5. The van der Waals surface area contributed by atoms with Gasteiger partial charge in [0.2, 0.25) is 0 Å². The van der Waals surface area contributed by atoms with Crippen LogP contribution in [0.2, 0.25) is 0 Å². The van der Waals surface area contributed by atoms with Gasteiger partial charge in [0.1, 0.15) is 24.1 Å². The van der Waals surface area contributed by atoms with Gasteiger partial charge in [-0.3, -0.25) is 28.8 Å². The molecule has 4 aliphatic heterocycles. The van der Waals surface area contributed by atoms with E-state index in [-0.39, 0.29) is 98.8 Å². The van der Waals surface area contributed by atoms with E-state index in [1.807, 2.05) is 0 Å². The van der Waals surface area contributed by atoms with Crippen molar-refractivity contribution >= 4 is 35.6 Å². The molecule has 0 bridgehead atoms. The number of carbonyl (C=O) groups excluding carboxylic acids is 6. The summed E-state index contributed by atoms with van der Waals surface area (Å²) in [7, 11) is 2.59. The second-order valence-corrected chi connectivity index (χ2v) is 28.1. The fourth-order valence-corrected chi connectivity index (χ4v) is 14.3. The van der Waals surface area contributed by atoms with Crippen LogP contribution in [0.1, 0.15) is 208 Å². The lowest BCUT2D eigenvalue weighted by Gasteiger charge is -2.47. The summed E-state index contributed by atoms with van der Waals surface area (Å²) in [5, 5.41) is 24.0. The molecule has 73 heavy (non-hydrogen) atoms. The van der Waals surface area contributed by atoms with Gasteiger partial charge in [0.15, 0.2) is 0 Å². The highest BCUT2D eigenvalue weighted by atomic mass is 16.6. The number of hydrogen-bond donors (Lipinski definition) is 5. The van der Waals surface area contributed by atoms with Crippen LogP contribution in [0.15, 0.2) is 0 Å². The van der Waals surface area contributed by atoms with Gasteiger partial charge in [-0.05, 0) is 169 Å². The number of methoxy groups -OCH3 is 2. The first-order valence-corrected chi connectivity index (χ1v) is 27.3. The monoisotopic (exact) mass is 1030 g/mol. The first kappa shape index (κ1) is 62.4. The van der Waals surface area contributed by atoms with Gasteiger partial charge in [-0.25, -0.2) is 0 Å². The maximum absolute atomic E-state index is 14.0. The quantitative estimate of drug-likeness (QED) is 0.110. The van der Waals surface area contributed by atoms with Crippen molar-refractivity contribution in [2.24, 2.45) is 35.5 Å². The molecule has 6 rings (SSSR count). The van der Waals surface area contributed by atoms with Crippen molar-refractivity contribution in [3.05, 3.63) is 0 Å². The zero-order valence-corrected chi connectivity index (χ0v) is 48.6. The van der Waals surface area contributed by atoms with Crippen molar-refractivity contribution in [3.63, 3.8) is 0 Å². The molecular weight excluding hydrogens is 933 g/mol. The highest BCUT2D eigenvalue weighted by Crippen LogP contribution is 2.41. The van der Waals surface area contributed by atoms with E-state index in [0.29, 0.717) is 57.8 Å². The molecule has 16 nitrogen and oxygen atoms in total. The highest BCUT2D eigenvalue weighted by molar-refractivity contribution is 5.85. The van der Waals surface area contributed by atoms with Gasteiger partial charge in [0, 0.05) is 88.8 Å². The Morgan fingerprint density at radius 2 is 0.630 bits per heavy atom. The van der Waals surface area contributed by atoms with Crippen LogP contribution in [0.25, 0.3) is 0 Å². The molecule has 16 heteroatoms. The van der Waals surface area contributed by atoms with E-state index < -0.39 is 47.5 Å². The maximum atomic E-state index is 14.0. The molecule has 0 spiro atoms. The van der Waals surface area contributed by atoms with Crippen LogP contribution in [0.3, 0.4) is 0 Å². The molecule has 4 heterocycles. The standard InChI is InChI=1S/C36H63N3O6.C12H18O5.C9H19NO/c1-31(2)16-23(17-32(3,4)37-31)43-28(40)22-13-14-26(29(41)44-24-18-33(5,6)38-34(7,8)19-24)27(15-22)30(42)45-25-20-35(9,10)39-36(11,12)21-25;1-7(13)8-4-5-9(11(14)16-2)10(6-8)12(15)17-3;1-8(2)5-7(11)6-9(3,4)10-8/h22-27,37-39H,13-21H2,1-12H3;8-10H,4-6H2,1-3H3;7,10-11H,5-6H2,1-4H3. The summed E-state index contributed by atoms with van der Waals surface area (Å²) in [6, 6.07) is 0. The summed E-state index contributed by atoms with van der Waals surface area (Å²) >= 11 is 0. The van der Waals surface area contributed by atoms with E-state index in [1.54, 1.807) is 0 Å². The number of aliphatic hydroxyl groups is 1. The lowest BCUT2D eigenvalue weighted by molar-refractivity contribution is -0.177. The van der Waals surface area contributed by atoms with Crippen LogP contribution in [0.5, 0.6) is 0 Å². The predicted molar refractivity (Wildman–Crippen MR) is 281 cm³/mol. The summed E-state index contributed by atoms with van der Waals surface area (Å²) in [4.78, 5) is 76.0. The number of nitrogens with one attached hydrogen (secondary N) is 4. The number of aliphatic hydroxyl groups excluding tert-OH is 1. The Morgan fingerprint density at radius 3 is 0.959 bits per heavy atom. The molecule has 0 aromatic heterocycles. The second-order valence-electron chi connectivity index (χ2n) is 28.1. The number of ether oxygens (including phenoxy) is 5. The number of piperidine rings is 4. The van der Waals surface area contributed by atoms with Crippen LogP contribution >= 0.6 is 0 Å². The van der Waals surface area contributed by atoms with E-state index >= 15 is 0 Å². The number of carbonyl (C=O) groups is 6. The van der Waals surface area contributed by atoms with Gasteiger partial charge >= 0.3 is 29.8 Å². The third-order valence-corrected chi connectivity index (χ3v) is 15.7. The molecule has 6 aliphatic rings. The van der Waals surface area contributed by atoms with E-state index in [2.05, 4.69) is 142 Å². The fourth-order valence-electron chi connectivity index (χ4n) is 14.3. The number of hydrogen-bond acceptors (Lipinski definition) is 16. The van der Waals surface area contributed by atoms with Crippen LogP contribution in [0, 0.1) is 35.5 Å². The minimum atomic E-state index is -0.756. The third-order valence-electron chi connectivity index (χ3n) is 15.7. The van der Waals surface area contributed by atoms with Crippen molar-refractivity contribution in [1.29, 1.82) is 0 Å². The summed E-state index contributed by atoms with van der Waals surface area (Å²) in [5.74, 6) is -4.88. The SMILES string of the molecule is CC1(C)CC(O)CC(C)(C)N1.CC1(C)CC(OC(=O)C2CCC(C(=O)OC3CC(C)(C)NC(C)(C)C3)C(C(=O)OC3CC(C)(C)NC(C)(C)C3)C2)CC(C)(C)N1.COC(=O)C1CCC(C(C)=O)CC1C(=O)OC. The average molecular weight is 1030 g/mol. The Balaban J connectivity index is 0.000000334. The van der Waals surface area contributed by atoms with Crippen LogP contribution in [-0.2, 0) is 52.5 Å². The topological polar surface area (TPSA) is 217 Å². The van der Waals surface area contributed by atoms with Gasteiger partial charge in [-0.2, -0.15) is 0 Å². The molecule has 6 atom stereocenters. The smallest absolute Gasteiger partial charge is 0.310 e. The number of rotatable bonds is 9. The Kier molecular flexibility index (Phi) is 20.2. The predicted octanol–water partition coefficient (Wildman–Crippen LogP) is 7.82. The zero-order valence-electron chi connectivity index (χ0n) is 48.6. The number of Topliss-reactive ketones (excluding diaryl/α,β-unsaturated/α-hetero) is 1. The Bertz CT molecular complexity index is 1890. The van der Waals surface area contributed by atoms with Crippen molar-refractivity contribution in [3.8, 4) is 0 Å². The molecule has 6 unspecified atom stereocenters. The lowest BCUT2D eigenvalue weighted by atomic mass is 9.73. The maximum Gasteiger partial charge on any atom is 0.310 e. The van der Waals surface area contributed by atoms with Gasteiger partial charge < -0.3 is 50.1 Å². The number of esters is 5. The van der Waals surface area contributed by atoms with E-state index in [1.165, 1.54) is 21.1 Å². The van der Waals surface area contributed by atoms with Crippen LogP contribution < -0.4 is 21.3 Å². The van der Waals surface area contributed by atoms with Gasteiger partial charge in [0.05, 0.1) is 49.9 Å². The lowest BCUT2D eigenvalue weighted by Crippen LogP contribution is -2.60. The van der Waals surface area contributed by atoms with Crippen molar-refractivity contribution in [2.75, 3.05) is 14.2 Å². The minimum absolute atomic E-state index is 0.0576. The van der Waals surface area contributed by atoms with Crippen LogP contribution in [-0.4, -0.2) is 124 Å². The van der Waals surface area contributed by atoms with Crippen LogP contribution in [0.4, 0.5) is 0 Å². The summed E-state index contributed by atoms with van der Waals surface area (Å²) < 4.78 is 27.9. The molecule has 2 aliphatic carbocycles. The normalized spacial score (nSPS) is 31.3. The van der Waals surface area contributed by atoms with Crippen molar-refractivity contribution in [2.45, 2.75) is 276 Å². The van der Waals surface area contributed by atoms with Crippen molar-refractivity contribution < 1.29 is 57.6 Å². The Labute approximate surface area is 439 Å². The first-order chi connectivity index (χ1) is 33.2. The molecule has 0 radical (unpaired) electrons. The fraction of sp³-hybridized carbons (Fsp3) is 0.895. The first-order valence-electron chi connectivity index (χ1n) is 27.3. The molecule has 4 saturated heterocycles. The van der Waals surface area contributed by atoms with Gasteiger partial charge in [-0.1, -0.05) is 0 Å². The molecule has 0 aromatic carbocycles. The number of ketones is 1. The highest BCUT2D eigenvalue weighted by Gasteiger charge is 2.49. The van der Waals surface area contributed by atoms with Gasteiger partial charge in [-0.15, -0.1) is 0 Å². The minimum Gasteiger partial charge on any atom is -0.469 e. The molecule has 0 amide bonds. The largest absolute Gasteiger partial charge is 0.469 e. The second kappa shape index (κ2) is 23.6. The van der Waals surface area contributed by atoms with E-state index in [9.17, 15) is 33.9 Å². The van der Waals surface area contributed by atoms with Crippen molar-refractivity contribution in [1.82, 2.24) is 21.3 Å². The Hall–Kier alpha value is -3.18. The third kappa shape index (κ3) is 19.1. The average Bonchev–Trinajstić information content (AvgIpc) is 3.18. The Morgan fingerprint density at radius 1 is 0.370 bits per heavy atom. The molecule has 420 valence electrons. The summed E-state index contributed by atoms with van der Waals surface area (Å²) in [6.07, 6.45) is 7.64. The van der Waals surface area contributed by atoms with Gasteiger partial charge in [0.25, 0.3) is 0 Å². The molecule has 5 N–H and O–H groups in total.